The number of halogens is 2. The SMILES string of the molecule is Clc1nc(-c2cnc(/C=C/C=C/C=C/c3cc4c5c(c3)CCCN5CCC4)c(Cl)n2)cnc1/C=C/C=C/C=C/c1cc2c3c(c1)CCCN3CCC2. The van der Waals surface area contributed by atoms with Gasteiger partial charge in [0.25, 0.3) is 0 Å². The molecule has 0 fully saturated rings. The fraction of sp³-hybridized carbons (Fsp3) is 0.273. The molecule has 0 bridgehead atoms. The van der Waals surface area contributed by atoms with E-state index < -0.39 is 0 Å². The Balaban J connectivity index is 0.852. The van der Waals surface area contributed by atoms with Crippen molar-refractivity contribution in [2.45, 2.75) is 51.4 Å². The summed E-state index contributed by atoms with van der Waals surface area (Å²) >= 11 is 13.0. The molecule has 0 unspecified atom stereocenters. The lowest BCUT2D eigenvalue weighted by atomic mass is 9.90. The summed E-state index contributed by atoms with van der Waals surface area (Å²) < 4.78 is 0. The maximum Gasteiger partial charge on any atom is 0.155 e. The molecule has 4 aromatic rings. The molecule has 2 aromatic heterocycles. The molecule has 8 heteroatoms. The van der Waals surface area contributed by atoms with Crippen LogP contribution < -0.4 is 9.80 Å². The summed E-state index contributed by atoms with van der Waals surface area (Å²) in [6.07, 6.45) is 36.9. The Morgan fingerprint density at radius 2 is 0.808 bits per heavy atom. The van der Waals surface area contributed by atoms with Gasteiger partial charge in [0.2, 0.25) is 0 Å². The van der Waals surface area contributed by atoms with E-state index in [1.807, 2.05) is 48.6 Å². The van der Waals surface area contributed by atoms with Gasteiger partial charge in [-0.15, -0.1) is 0 Å². The van der Waals surface area contributed by atoms with E-state index in [-0.39, 0.29) is 10.3 Å². The van der Waals surface area contributed by atoms with E-state index >= 15 is 0 Å². The largest absolute Gasteiger partial charge is 0.371 e. The Hall–Kier alpha value is -4.78. The summed E-state index contributed by atoms with van der Waals surface area (Å²) in [6.45, 7) is 4.79. The molecule has 0 spiro atoms. The number of allylic oxidation sites excluding steroid dienone is 8. The maximum atomic E-state index is 6.50. The van der Waals surface area contributed by atoms with Crippen LogP contribution in [0.25, 0.3) is 35.7 Å². The van der Waals surface area contributed by atoms with Crippen molar-refractivity contribution in [1.82, 2.24) is 19.9 Å². The summed E-state index contributed by atoms with van der Waals surface area (Å²) in [4.78, 5) is 23.2. The minimum Gasteiger partial charge on any atom is -0.371 e. The number of aryl methyl sites for hydroxylation is 4. The fourth-order valence-corrected chi connectivity index (χ4v) is 8.36. The third-order valence-electron chi connectivity index (χ3n) is 10.2. The molecule has 0 aliphatic carbocycles. The lowest BCUT2D eigenvalue weighted by Crippen LogP contribution is -2.34. The Kier molecular flexibility index (Phi) is 10.5. The first-order valence-corrected chi connectivity index (χ1v) is 19.2. The molecule has 52 heavy (non-hydrogen) atoms. The van der Waals surface area contributed by atoms with Crippen molar-refractivity contribution < 1.29 is 0 Å². The maximum absolute atomic E-state index is 6.50. The number of rotatable bonds is 9. The van der Waals surface area contributed by atoms with Crippen molar-refractivity contribution >= 4 is 58.9 Å². The molecular formula is C44H42Cl2N6. The van der Waals surface area contributed by atoms with Crippen LogP contribution in [-0.4, -0.2) is 46.1 Å². The fourth-order valence-electron chi connectivity index (χ4n) is 7.96. The molecule has 262 valence electrons. The van der Waals surface area contributed by atoms with E-state index in [1.54, 1.807) is 12.4 Å². The molecule has 6 nitrogen and oxygen atoms in total. The van der Waals surface area contributed by atoms with Crippen LogP contribution in [-0.2, 0) is 25.7 Å². The van der Waals surface area contributed by atoms with Crippen LogP contribution in [0.2, 0.25) is 10.3 Å². The zero-order valence-electron chi connectivity index (χ0n) is 29.3. The molecule has 4 aliphatic heterocycles. The monoisotopic (exact) mass is 724 g/mol. The molecule has 6 heterocycles. The van der Waals surface area contributed by atoms with E-state index in [2.05, 4.69) is 78.3 Å². The van der Waals surface area contributed by atoms with Crippen LogP contribution in [0, 0.1) is 0 Å². The lowest BCUT2D eigenvalue weighted by molar-refractivity contribution is 0.634. The second-order valence-corrected chi connectivity index (χ2v) is 14.5. The first kappa shape index (κ1) is 34.3. The van der Waals surface area contributed by atoms with Crippen molar-refractivity contribution in [3.05, 3.63) is 140 Å². The van der Waals surface area contributed by atoms with Gasteiger partial charge in [-0.2, -0.15) is 0 Å². The number of nitrogens with zero attached hydrogens (tertiary/aromatic N) is 6. The third kappa shape index (κ3) is 7.69. The van der Waals surface area contributed by atoms with E-state index in [1.165, 1.54) is 122 Å². The van der Waals surface area contributed by atoms with Crippen molar-refractivity contribution in [3.8, 4) is 11.4 Å². The van der Waals surface area contributed by atoms with E-state index in [0.717, 1.165) is 0 Å². The molecule has 0 saturated carbocycles. The predicted octanol–water partition coefficient (Wildman–Crippen LogP) is 10.2. The Morgan fingerprint density at radius 3 is 1.15 bits per heavy atom. The summed E-state index contributed by atoms with van der Waals surface area (Å²) in [7, 11) is 0. The topological polar surface area (TPSA) is 58.0 Å². The number of hydrogen-bond donors (Lipinski definition) is 0. The third-order valence-corrected chi connectivity index (χ3v) is 10.8. The summed E-state index contributed by atoms with van der Waals surface area (Å²) in [5, 5.41) is 0.568. The Labute approximate surface area is 316 Å². The highest BCUT2D eigenvalue weighted by Crippen LogP contribution is 2.37. The van der Waals surface area contributed by atoms with E-state index in [9.17, 15) is 0 Å². The van der Waals surface area contributed by atoms with Gasteiger partial charge in [-0.25, -0.2) is 9.97 Å². The van der Waals surface area contributed by atoms with Gasteiger partial charge in [0, 0.05) is 37.6 Å². The Morgan fingerprint density at radius 1 is 0.462 bits per heavy atom. The quantitative estimate of drug-likeness (QED) is 0.160. The van der Waals surface area contributed by atoms with Crippen molar-refractivity contribution in [2.24, 2.45) is 0 Å². The average molecular weight is 726 g/mol. The van der Waals surface area contributed by atoms with Gasteiger partial charge in [0.1, 0.15) is 22.8 Å². The zero-order chi connectivity index (χ0) is 35.3. The molecule has 0 amide bonds. The second-order valence-electron chi connectivity index (χ2n) is 13.8. The van der Waals surface area contributed by atoms with Crippen molar-refractivity contribution in [2.75, 3.05) is 36.0 Å². The van der Waals surface area contributed by atoms with Crippen LogP contribution in [0.15, 0.2) is 85.3 Å². The second kappa shape index (κ2) is 15.9. The van der Waals surface area contributed by atoms with E-state index in [0.29, 0.717) is 22.8 Å². The molecule has 8 rings (SSSR count). The molecule has 0 N–H and O–H groups in total. The van der Waals surface area contributed by atoms with Crippen molar-refractivity contribution in [3.63, 3.8) is 0 Å². The minimum atomic E-state index is 0.284. The van der Waals surface area contributed by atoms with Gasteiger partial charge in [-0.1, -0.05) is 84.0 Å². The zero-order valence-corrected chi connectivity index (χ0v) is 30.8. The molecule has 0 radical (unpaired) electrons. The lowest BCUT2D eigenvalue weighted by Gasteiger charge is -2.37. The van der Waals surface area contributed by atoms with Gasteiger partial charge in [-0.3, -0.25) is 9.97 Å². The van der Waals surface area contributed by atoms with Crippen LogP contribution in [0.1, 0.15) is 70.5 Å². The van der Waals surface area contributed by atoms with Crippen LogP contribution in [0.3, 0.4) is 0 Å². The normalized spacial score (nSPS) is 17.1. The smallest absolute Gasteiger partial charge is 0.155 e. The molecule has 0 atom stereocenters. The highest BCUT2D eigenvalue weighted by atomic mass is 35.5. The van der Waals surface area contributed by atoms with Gasteiger partial charge < -0.3 is 9.80 Å². The molecule has 0 saturated heterocycles. The summed E-state index contributed by atoms with van der Waals surface area (Å²) in [6, 6.07) is 9.41. The highest BCUT2D eigenvalue weighted by molar-refractivity contribution is 6.31. The number of aromatic nitrogens is 4. The van der Waals surface area contributed by atoms with Crippen LogP contribution in [0.4, 0.5) is 11.4 Å². The number of benzene rings is 2. The Bertz CT molecular complexity index is 1940. The predicted molar refractivity (Wildman–Crippen MR) is 218 cm³/mol. The van der Waals surface area contributed by atoms with Gasteiger partial charge >= 0.3 is 0 Å². The number of hydrogen-bond acceptors (Lipinski definition) is 6. The van der Waals surface area contributed by atoms with Crippen molar-refractivity contribution in [1.29, 1.82) is 0 Å². The molecule has 4 aliphatic rings. The minimum absolute atomic E-state index is 0.284. The molecule has 2 aromatic carbocycles. The summed E-state index contributed by atoms with van der Waals surface area (Å²) in [5.74, 6) is 0. The van der Waals surface area contributed by atoms with E-state index in [4.69, 9.17) is 23.2 Å². The van der Waals surface area contributed by atoms with Gasteiger partial charge in [0.15, 0.2) is 10.3 Å². The van der Waals surface area contributed by atoms with Gasteiger partial charge in [0.05, 0.1) is 12.4 Å². The van der Waals surface area contributed by atoms with Crippen LogP contribution >= 0.6 is 23.2 Å². The first-order valence-electron chi connectivity index (χ1n) is 18.5. The number of anilines is 2. The van der Waals surface area contributed by atoms with Crippen LogP contribution in [0.5, 0.6) is 0 Å². The highest BCUT2D eigenvalue weighted by Gasteiger charge is 2.25. The average Bonchev–Trinajstić information content (AvgIpc) is 3.16. The molecular weight excluding hydrogens is 683 g/mol. The first-order chi connectivity index (χ1) is 25.6. The standard InChI is InChI=1S/C44H42Cl2N6/c45-43-37(19-7-3-1-5-13-31-25-33-15-9-21-51-22-10-16-34(26-31)41(33)51)47-29-39(49-43)40-30-48-38(44(46)50-40)20-8-4-2-6-14-32-27-35-17-11-23-52-24-12-18-36(28-32)42(35)52/h1-8,13-14,19-20,25-30H,9-12,15-18,21-24H2/b3-1+,4-2+,13-5+,14-6+,19-7+,20-8+. The summed E-state index contributed by atoms with van der Waals surface area (Å²) in [5.41, 5.74) is 13.7. The van der Waals surface area contributed by atoms with Gasteiger partial charge in [-0.05, 0) is 121 Å².